The minimum absolute atomic E-state index is 0.0101. The molecule has 1 aromatic rings. The summed E-state index contributed by atoms with van der Waals surface area (Å²) in [6.45, 7) is 7.60. The number of aromatic nitrogens is 2. The van der Waals surface area contributed by atoms with Gasteiger partial charge in [-0.2, -0.15) is 5.10 Å². The van der Waals surface area contributed by atoms with Crippen LogP contribution in [0.4, 0.5) is 0 Å². The lowest BCUT2D eigenvalue weighted by Crippen LogP contribution is -2.31. The summed E-state index contributed by atoms with van der Waals surface area (Å²) >= 11 is 0. The monoisotopic (exact) mass is 255 g/mol. The molecule has 1 rings (SSSR count). The van der Waals surface area contributed by atoms with Crippen molar-refractivity contribution in [2.45, 2.75) is 52.3 Å². The number of nitrogens with zero attached hydrogens (tertiary/aromatic N) is 2. The molecule has 18 heavy (non-hydrogen) atoms. The molecule has 0 aliphatic rings. The summed E-state index contributed by atoms with van der Waals surface area (Å²) in [6, 6.07) is -0.206. The maximum atomic E-state index is 6.34. The normalized spacial score (nSPS) is 14.5. The summed E-state index contributed by atoms with van der Waals surface area (Å²) in [6.07, 6.45) is 3.71. The van der Waals surface area contributed by atoms with Gasteiger partial charge in [0, 0.05) is 13.2 Å². The second kappa shape index (κ2) is 7.38. The first kappa shape index (κ1) is 15.0. The fraction of sp³-hybridized carbons (Fsp3) is 0.769. The number of hydrogen-bond donors (Lipinski definition) is 1. The van der Waals surface area contributed by atoms with Gasteiger partial charge in [0.25, 0.3) is 0 Å². The van der Waals surface area contributed by atoms with Crippen molar-refractivity contribution in [1.82, 2.24) is 9.78 Å². The molecule has 0 aromatic carbocycles. The third kappa shape index (κ3) is 3.23. The molecular weight excluding hydrogens is 230 g/mol. The van der Waals surface area contributed by atoms with Crippen LogP contribution in [-0.2, 0) is 11.3 Å². The molecule has 2 atom stereocenters. The van der Waals surface area contributed by atoms with Crippen molar-refractivity contribution in [2.75, 3.05) is 13.7 Å². The van der Waals surface area contributed by atoms with Crippen LogP contribution >= 0.6 is 0 Å². The predicted molar refractivity (Wildman–Crippen MR) is 71.7 cm³/mol. The van der Waals surface area contributed by atoms with Crippen LogP contribution in [0.1, 0.15) is 45.3 Å². The third-order valence-electron chi connectivity index (χ3n) is 3.03. The molecule has 0 radical (unpaired) electrons. The Morgan fingerprint density at radius 1 is 1.39 bits per heavy atom. The molecule has 2 unspecified atom stereocenters. The van der Waals surface area contributed by atoms with Crippen LogP contribution in [0.3, 0.4) is 0 Å². The van der Waals surface area contributed by atoms with Gasteiger partial charge in [0.05, 0.1) is 31.1 Å². The zero-order valence-corrected chi connectivity index (χ0v) is 11.8. The van der Waals surface area contributed by atoms with E-state index in [-0.39, 0.29) is 12.1 Å². The highest BCUT2D eigenvalue weighted by Gasteiger charge is 2.26. The highest BCUT2D eigenvalue weighted by Crippen LogP contribution is 2.28. The molecule has 2 N–H and O–H groups in total. The number of nitrogens with two attached hydrogens (primary N) is 1. The maximum Gasteiger partial charge on any atom is 0.161 e. The Kier molecular flexibility index (Phi) is 6.15. The largest absolute Gasteiger partial charge is 0.493 e. The molecular formula is C13H25N3O2. The Labute approximate surface area is 109 Å². The van der Waals surface area contributed by atoms with Gasteiger partial charge in [0.2, 0.25) is 0 Å². The Morgan fingerprint density at radius 2 is 2.11 bits per heavy atom. The Hall–Kier alpha value is -1.07. The van der Waals surface area contributed by atoms with Crippen LogP contribution in [0.25, 0.3) is 0 Å². The molecule has 0 saturated carbocycles. The molecule has 0 saturated heterocycles. The van der Waals surface area contributed by atoms with Crippen molar-refractivity contribution in [3.05, 3.63) is 11.9 Å². The Balaban J connectivity index is 2.97. The van der Waals surface area contributed by atoms with Crippen LogP contribution < -0.4 is 10.5 Å². The smallest absolute Gasteiger partial charge is 0.161 e. The van der Waals surface area contributed by atoms with Gasteiger partial charge in [-0.05, 0) is 20.3 Å². The minimum Gasteiger partial charge on any atom is -0.493 e. The SMILES string of the molecule is CCCC(OCC)C(N)c1c(OC)cnn1CC. The molecule has 0 spiro atoms. The molecule has 0 aliphatic carbocycles. The summed E-state index contributed by atoms with van der Waals surface area (Å²) in [5.41, 5.74) is 7.27. The summed E-state index contributed by atoms with van der Waals surface area (Å²) < 4.78 is 13.0. The first-order valence-corrected chi connectivity index (χ1v) is 6.66. The van der Waals surface area contributed by atoms with Crippen molar-refractivity contribution in [3.8, 4) is 5.75 Å². The molecule has 5 heteroatoms. The van der Waals surface area contributed by atoms with Crippen molar-refractivity contribution in [2.24, 2.45) is 5.73 Å². The van der Waals surface area contributed by atoms with Crippen molar-refractivity contribution in [1.29, 1.82) is 0 Å². The lowest BCUT2D eigenvalue weighted by atomic mass is 10.0. The van der Waals surface area contributed by atoms with Gasteiger partial charge in [-0.1, -0.05) is 13.3 Å². The minimum atomic E-state index is -0.206. The van der Waals surface area contributed by atoms with E-state index in [0.717, 1.165) is 30.8 Å². The Bertz CT molecular complexity index is 325. The van der Waals surface area contributed by atoms with Gasteiger partial charge in [-0.3, -0.25) is 4.68 Å². The molecule has 1 heterocycles. The summed E-state index contributed by atoms with van der Waals surface area (Å²) in [7, 11) is 1.64. The van der Waals surface area contributed by atoms with E-state index in [1.807, 2.05) is 18.5 Å². The molecule has 0 amide bonds. The van der Waals surface area contributed by atoms with E-state index in [1.165, 1.54) is 0 Å². The van der Waals surface area contributed by atoms with Gasteiger partial charge in [-0.15, -0.1) is 0 Å². The van der Waals surface area contributed by atoms with Gasteiger partial charge in [-0.25, -0.2) is 0 Å². The quantitative estimate of drug-likeness (QED) is 0.773. The lowest BCUT2D eigenvalue weighted by molar-refractivity contribution is 0.0349. The highest BCUT2D eigenvalue weighted by molar-refractivity contribution is 5.29. The van der Waals surface area contributed by atoms with Gasteiger partial charge < -0.3 is 15.2 Å². The topological polar surface area (TPSA) is 62.3 Å². The average molecular weight is 255 g/mol. The van der Waals surface area contributed by atoms with Crippen LogP contribution in [0.2, 0.25) is 0 Å². The second-order valence-corrected chi connectivity index (χ2v) is 4.22. The van der Waals surface area contributed by atoms with Crippen LogP contribution in [0, 0.1) is 0 Å². The zero-order valence-electron chi connectivity index (χ0n) is 11.8. The van der Waals surface area contributed by atoms with E-state index in [4.69, 9.17) is 15.2 Å². The van der Waals surface area contributed by atoms with E-state index in [1.54, 1.807) is 13.3 Å². The Morgan fingerprint density at radius 3 is 2.61 bits per heavy atom. The number of ether oxygens (including phenoxy) is 2. The van der Waals surface area contributed by atoms with Crippen LogP contribution in [-0.4, -0.2) is 29.6 Å². The third-order valence-corrected chi connectivity index (χ3v) is 3.03. The molecule has 0 aliphatic heterocycles. The van der Waals surface area contributed by atoms with Gasteiger partial charge >= 0.3 is 0 Å². The molecule has 0 bridgehead atoms. The number of hydrogen-bond acceptors (Lipinski definition) is 4. The highest BCUT2D eigenvalue weighted by atomic mass is 16.5. The summed E-state index contributed by atoms with van der Waals surface area (Å²) in [5.74, 6) is 0.741. The van der Waals surface area contributed by atoms with E-state index in [9.17, 15) is 0 Å². The molecule has 0 fully saturated rings. The van der Waals surface area contributed by atoms with Crippen LogP contribution in [0.15, 0.2) is 6.20 Å². The maximum absolute atomic E-state index is 6.34. The zero-order chi connectivity index (χ0) is 13.5. The van der Waals surface area contributed by atoms with Crippen molar-refractivity contribution in [3.63, 3.8) is 0 Å². The van der Waals surface area contributed by atoms with E-state index in [0.29, 0.717) is 6.61 Å². The first-order chi connectivity index (χ1) is 8.69. The second-order valence-electron chi connectivity index (χ2n) is 4.22. The number of aryl methyl sites for hydroxylation is 1. The summed E-state index contributed by atoms with van der Waals surface area (Å²) in [5, 5.41) is 4.29. The number of methoxy groups -OCH3 is 1. The lowest BCUT2D eigenvalue weighted by Gasteiger charge is -2.24. The average Bonchev–Trinajstić information content (AvgIpc) is 2.80. The van der Waals surface area contributed by atoms with Gasteiger partial charge in [0.15, 0.2) is 5.75 Å². The van der Waals surface area contributed by atoms with E-state index >= 15 is 0 Å². The van der Waals surface area contributed by atoms with Crippen molar-refractivity contribution >= 4 is 0 Å². The van der Waals surface area contributed by atoms with Crippen LogP contribution in [0.5, 0.6) is 5.75 Å². The number of rotatable bonds is 8. The van der Waals surface area contributed by atoms with Crippen molar-refractivity contribution < 1.29 is 9.47 Å². The molecule has 104 valence electrons. The van der Waals surface area contributed by atoms with Gasteiger partial charge in [0.1, 0.15) is 0 Å². The fourth-order valence-electron chi connectivity index (χ4n) is 2.16. The fourth-order valence-corrected chi connectivity index (χ4v) is 2.16. The first-order valence-electron chi connectivity index (χ1n) is 6.66. The summed E-state index contributed by atoms with van der Waals surface area (Å²) in [4.78, 5) is 0. The molecule has 1 aromatic heterocycles. The van der Waals surface area contributed by atoms with E-state index in [2.05, 4.69) is 12.0 Å². The van der Waals surface area contributed by atoms with E-state index < -0.39 is 0 Å². The standard InChI is InChI=1S/C13H25N3O2/c1-5-8-10(18-7-3)12(14)13-11(17-4)9-15-16(13)6-2/h9-10,12H,5-8,14H2,1-4H3. The molecule has 5 nitrogen and oxygen atoms in total. The predicted octanol–water partition coefficient (Wildman–Crippen LogP) is 2.12.